The van der Waals surface area contributed by atoms with Gasteiger partial charge >= 0.3 is 11.9 Å². The molecule has 2 aliphatic rings. The van der Waals surface area contributed by atoms with Crippen molar-refractivity contribution in [3.8, 4) is 0 Å². The van der Waals surface area contributed by atoms with E-state index in [-0.39, 0.29) is 5.41 Å². The van der Waals surface area contributed by atoms with Crippen molar-refractivity contribution >= 4 is 11.9 Å². The maximum atomic E-state index is 11.9. The van der Waals surface area contributed by atoms with Crippen molar-refractivity contribution in [2.24, 2.45) is 22.7 Å². The van der Waals surface area contributed by atoms with Gasteiger partial charge in [0.05, 0.1) is 14.2 Å². The second kappa shape index (κ2) is 3.72. The summed E-state index contributed by atoms with van der Waals surface area (Å²) < 4.78 is 9.63. The summed E-state index contributed by atoms with van der Waals surface area (Å²) in [4.78, 5) is 23.9. The quantitative estimate of drug-likeness (QED) is 0.557. The minimum Gasteiger partial charge on any atom is -0.468 e. The number of ether oxygens (including phenoxy) is 2. The Bertz CT molecular complexity index is 344. The topological polar surface area (TPSA) is 52.6 Å². The van der Waals surface area contributed by atoms with Crippen LogP contribution in [0.4, 0.5) is 0 Å². The number of esters is 2. The van der Waals surface area contributed by atoms with Gasteiger partial charge in [-0.1, -0.05) is 13.8 Å². The number of rotatable bonds is 3. The normalized spacial score (nSPS) is 33.1. The summed E-state index contributed by atoms with van der Waals surface area (Å²) in [5, 5.41) is 0. The lowest BCUT2D eigenvalue weighted by Crippen LogP contribution is -2.41. The third kappa shape index (κ3) is 1.49. The summed E-state index contributed by atoms with van der Waals surface area (Å²) in [6.07, 6.45) is 2.30. The van der Waals surface area contributed by atoms with Gasteiger partial charge in [-0.3, -0.25) is 9.59 Å². The highest BCUT2D eigenvalue weighted by Gasteiger charge is 2.71. The SMILES string of the molecule is COC(=O)C1(C(=O)OC)C[C@@H]2C[C@]2(C(C)C)C1. The number of hydrogen-bond donors (Lipinski definition) is 0. The Labute approximate surface area is 102 Å². The van der Waals surface area contributed by atoms with E-state index in [1.54, 1.807) is 0 Å². The van der Waals surface area contributed by atoms with Crippen molar-refractivity contribution < 1.29 is 19.1 Å². The number of methoxy groups -OCH3 is 2. The molecule has 0 unspecified atom stereocenters. The molecule has 2 aliphatic carbocycles. The molecule has 4 nitrogen and oxygen atoms in total. The molecular weight excluding hydrogens is 220 g/mol. The minimum absolute atomic E-state index is 0.155. The molecule has 0 N–H and O–H groups in total. The van der Waals surface area contributed by atoms with Crippen molar-refractivity contribution in [3.63, 3.8) is 0 Å². The Kier molecular flexibility index (Phi) is 2.71. The lowest BCUT2D eigenvalue weighted by atomic mass is 9.78. The molecule has 17 heavy (non-hydrogen) atoms. The van der Waals surface area contributed by atoms with Gasteiger partial charge in [-0.05, 0) is 36.5 Å². The van der Waals surface area contributed by atoms with Gasteiger partial charge in [0, 0.05) is 0 Å². The third-order valence-electron chi connectivity index (χ3n) is 4.81. The summed E-state index contributed by atoms with van der Waals surface area (Å²) >= 11 is 0. The maximum Gasteiger partial charge on any atom is 0.323 e. The highest BCUT2D eigenvalue weighted by molar-refractivity contribution is 6.00. The van der Waals surface area contributed by atoms with Crippen LogP contribution >= 0.6 is 0 Å². The molecule has 0 amide bonds. The van der Waals surface area contributed by atoms with Gasteiger partial charge in [0.1, 0.15) is 0 Å². The van der Waals surface area contributed by atoms with E-state index in [9.17, 15) is 9.59 Å². The first kappa shape index (κ1) is 12.4. The maximum absolute atomic E-state index is 11.9. The van der Waals surface area contributed by atoms with Crippen molar-refractivity contribution in [1.29, 1.82) is 0 Å². The van der Waals surface area contributed by atoms with Crippen molar-refractivity contribution in [2.45, 2.75) is 33.1 Å². The van der Waals surface area contributed by atoms with E-state index >= 15 is 0 Å². The van der Waals surface area contributed by atoms with Crippen molar-refractivity contribution in [1.82, 2.24) is 0 Å². The Morgan fingerprint density at radius 2 is 1.65 bits per heavy atom. The van der Waals surface area contributed by atoms with Crippen LogP contribution < -0.4 is 0 Å². The summed E-state index contributed by atoms with van der Waals surface area (Å²) in [6, 6.07) is 0. The molecule has 96 valence electrons. The van der Waals surface area contributed by atoms with E-state index in [4.69, 9.17) is 9.47 Å². The number of carbonyl (C=O) groups excluding carboxylic acids is 2. The molecule has 0 radical (unpaired) electrons. The van der Waals surface area contributed by atoms with Crippen LogP contribution in [0.15, 0.2) is 0 Å². The molecule has 4 heteroatoms. The minimum atomic E-state index is -1.04. The Hall–Kier alpha value is -1.06. The Morgan fingerprint density at radius 3 is 2.00 bits per heavy atom. The fourth-order valence-corrected chi connectivity index (χ4v) is 3.64. The van der Waals surface area contributed by atoms with E-state index in [1.807, 2.05) is 0 Å². The first-order chi connectivity index (χ1) is 7.93. The van der Waals surface area contributed by atoms with Crippen LogP contribution in [0.3, 0.4) is 0 Å². The smallest absolute Gasteiger partial charge is 0.323 e. The monoisotopic (exact) mass is 240 g/mol. The Morgan fingerprint density at radius 1 is 1.12 bits per heavy atom. The molecule has 0 saturated heterocycles. The van der Waals surface area contributed by atoms with Gasteiger partial charge in [-0.15, -0.1) is 0 Å². The molecule has 0 aliphatic heterocycles. The van der Waals surface area contributed by atoms with Gasteiger partial charge in [0.2, 0.25) is 0 Å². The largest absolute Gasteiger partial charge is 0.468 e. The van der Waals surface area contributed by atoms with Gasteiger partial charge in [-0.2, -0.15) is 0 Å². The standard InChI is InChI=1S/C13H20O4/c1-8(2)12-5-9(12)6-13(7-12,10(14)16-3)11(15)17-4/h8-9H,5-7H2,1-4H3/t9-,12+/m0/s1. The lowest BCUT2D eigenvalue weighted by molar-refractivity contribution is -0.170. The van der Waals surface area contributed by atoms with Gasteiger partial charge in [0.25, 0.3) is 0 Å². The predicted octanol–water partition coefficient (Wildman–Crippen LogP) is 1.77. The molecule has 0 aromatic rings. The van der Waals surface area contributed by atoms with Gasteiger partial charge in [-0.25, -0.2) is 0 Å². The first-order valence-electron chi connectivity index (χ1n) is 6.10. The first-order valence-corrected chi connectivity index (χ1v) is 6.10. The third-order valence-corrected chi connectivity index (χ3v) is 4.81. The lowest BCUT2D eigenvalue weighted by Gasteiger charge is -2.27. The van der Waals surface area contributed by atoms with E-state index in [1.165, 1.54) is 14.2 Å². The summed E-state index contributed by atoms with van der Waals surface area (Å²) in [5.74, 6) is 0.0949. The molecule has 2 rings (SSSR count). The molecule has 0 aromatic heterocycles. The van der Waals surface area contributed by atoms with Crippen LogP contribution in [-0.4, -0.2) is 26.2 Å². The number of fused-ring (bicyclic) bond motifs is 1. The highest BCUT2D eigenvalue weighted by atomic mass is 16.5. The summed E-state index contributed by atoms with van der Waals surface area (Å²) in [7, 11) is 2.66. The fourth-order valence-electron chi connectivity index (χ4n) is 3.64. The fraction of sp³-hybridized carbons (Fsp3) is 0.846. The number of hydrogen-bond acceptors (Lipinski definition) is 4. The van der Waals surface area contributed by atoms with Crippen molar-refractivity contribution in [3.05, 3.63) is 0 Å². The number of carbonyl (C=O) groups is 2. The molecule has 2 saturated carbocycles. The van der Waals surface area contributed by atoms with Gasteiger partial charge in [0.15, 0.2) is 5.41 Å². The van der Waals surface area contributed by atoms with Gasteiger partial charge < -0.3 is 9.47 Å². The van der Waals surface area contributed by atoms with Crippen LogP contribution in [0.1, 0.15) is 33.1 Å². The zero-order valence-electron chi connectivity index (χ0n) is 10.9. The van der Waals surface area contributed by atoms with Crippen LogP contribution in [0, 0.1) is 22.7 Å². The van der Waals surface area contributed by atoms with Crippen LogP contribution in [0.5, 0.6) is 0 Å². The molecule has 0 heterocycles. The summed E-state index contributed by atoms with van der Waals surface area (Å²) in [5.41, 5.74) is -0.890. The Balaban J connectivity index is 2.28. The second-order valence-electron chi connectivity index (χ2n) is 5.74. The van der Waals surface area contributed by atoms with E-state index < -0.39 is 17.4 Å². The van der Waals surface area contributed by atoms with E-state index in [0.717, 1.165) is 6.42 Å². The summed E-state index contributed by atoms with van der Waals surface area (Å²) in [6.45, 7) is 4.31. The molecule has 0 bridgehead atoms. The average molecular weight is 240 g/mol. The zero-order chi connectivity index (χ0) is 12.8. The second-order valence-corrected chi connectivity index (χ2v) is 5.74. The molecule has 0 aromatic carbocycles. The van der Waals surface area contributed by atoms with E-state index in [0.29, 0.717) is 24.7 Å². The predicted molar refractivity (Wildman–Crippen MR) is 61.1 cm³/mol. The molecule has 2 fully saturated rings. The van der Waals surface area contributed by atoms with Crippen LogP contribution in [-0.2, 0) is 19.1 Å². The molecule has 0 spiro atoms. The molecule has 2 atom stereocenters. The van der Waals surface area contributed by atoms with Crippen molar-refractivity contribution in [2.75, 3.05) is 14.2 Å². The highest BCUT2D eigenvalue weighted by Crippen LogP contribution is 2.72. The zero-order valence-corrected chi connectivity index (χ0v) is 10.9. The van der Waals surface area contributed by atoms with Crippen LogP contribution in [0.2, 0.25) is 0 Å². The average Bonchev–Trinajstić information content (AvgIpc) is 2.91. The van der Waals surface area contributed by atoms with E-state index in [2.05, 4.69) is 13.8 Å². The molecular formula is C13H20O4. The van der Waals surface area contributed by atoms with Crippen LogP contribution in [0.25, 0.3) is 0 Å².